The van der Waals surface area contributed by atoms with E-state index < -0.39 is 55.4 Å². The molecule has 4 aromatic rings. The number of carbonyl (C=O) groups is 2. The number of halogens is 5. The van der Waals surface area contributed by atoms with Crippen LogP contribution >= 0.6 is 0 Å². The Labute approximate surface area is 276 Å². The second-order valence-electron chi connectivity index (χ2n) is 11.7. The van der Waals surface area contributed by atoms with Crippen LogP contribution in [-0.4, -0.2) is 99.0 Å². The van der Waals surface area contributed by atoms with Gasteiger partial charge in [0, 0.05) is 57.2 Å². The van der Waals surface area contributed by atoms with Crippen LogP contribution in [0.4, 0.5) is 39.1 Å². The number of fused-ring (bicyclic) bond motifs is 1. The summed E-state index contributed by atoms with van der Waals surface area (Å²) in [6.07, 6.45) is -5.06. The predicted molar refractivity (Wildman–Crippen MR) is 167 cm³/mol. The van der Waals surface area contributed by atoms with Crippen LogP contribution in [0.3, 0.4) is 0 Å². The van der Waals surface area contributed by atoms with Crippen LogP contribution in [0.1, 0.15) is 23.2 Å². The van der Waals surface area contributed by atoms with Crippen molar-refractivity contribution < 1.29 is 44.7 Å². The zero-order chi connectivity index (χ0) is 35.1. The van der Waals surface area contributed by atoms with Gasteiger partial charge in [-0.15, -0.1) is 0 Å². The highest BCUT2D eigenvalue weighted by Gasteiger charge is 2.46. The average Bonchev–Trinajstić information content (AvgIpc) is 3.46. The minimum Gasteiger partial charge on any atom is -0.381 e. The molecule has 2 aromatic carbocycles. The molecule has 6 rings (SSSR count). The third-order valence-electron chi connectivity index (χ3n) is 8.41. The number of rotatable bonds is 7. The first-order valence-corrected chi connectivity index (χ1v) is 16.6. The summed E-state index contributed by atoms with van der Waals surface area (Å²) in [5.41, 5.74) is -0.0253. The number of aromatic nitrogens is 3. The van der Waals surface area contributed by atoms with Crippen molar-refractivity contribution in [3.8, 4) is 0 Å². The molecule has 2 N–H and O–H groups in total. The summed E-state index contributed by atoms with van der Waals surface area (Å²) in [4.78, 5) is 35.0. The molecule has 2 aliphatic heterocycles. The Morgan fingerprint density at radius 2 is 1.65 bits per heavy atom. The summed E-state index contributed by atoms with van der Waals surface area (Å²) in [5.74, 6) is -5.62. The van der Waals surface area contributed by atoms with Crippen LogP contribution in [0.25, 0.3) is 11.0 Å². The van der Waals surface area contributed by atoms with Gasteiger partial charge in [-0.2, -0.15) is 18.3 Å². The molecule has 4 heterocycles. The number of ether oxygens (including phenoxy) is 1. The van der Waals surface area contributed by atoms with E-state index in [-0.39, 0.29) is 54.2 Å². The van der Waals surface area contributed by atoms with Crippen LogP contribution < -0.4 is 15.1 Å². The van der Waals surface area contributed by atoms with Gasteiger partial charge in [0.1, 0.15) is 17.2 Å². The van der Waals surface area contributed by atoms with Gasteiger partial charge in [0.25, 0.3) is 5.91 Å². The number of likely N-dealkylation sites (N-methyl/N-ethyl adjacent to an activating group) is 1. The second-order valence-corrected chi connectivity index (χ2v) is 13.6. The molecule has 2 amide bonds. The minimum absolute atomic E-state index is 0.0992. The highest BCUT2D eigenvalue weighted by molar-refractivity contribution is 7.91. The SMILES string of the molecule is CN1CCN(c2ccc(C(=O)Nc3n[nH]c4ccc(S(=O)(=O)c5cc(F)cc(F)c5)nc34)c(N(C(=O)C(F)(F)F)C3CCOCC3)c2)CC1. The molecule has 2 aliphatic rings. The number of hydrogen-bond donors (Lipinski definition) is 2. The molecule has 260 valence electrons. The van der Waals surface area contributed by atoms with E-state index in [0.717, 1.165) is 6.07 Å². The zero-order valence-corrected chi connectivity index (χ0v) is 26.7. The number of pyridine rings is 1. The van der Waals surface area contributed by atoms with E-state index in [9.17, 15) is 40.0 Å². The van der Waals surface area contributed by atoms with Gasteiger partial charge in [0.2, 0.25) is 9.84 Å². The molecular weight excluding hydrogens is 677 g/mol. The Hall–Kier alpha value is -4.68. The lowest BCUT2D eigenvalue weighted by atomic mass is 10.0. The number of nitrogens with one attached hydrogen (secondary N) is 2. The average molecular weight is 708 g/mol. The molecule has 0 atom stereocenters. The lowest BCUT2D eigenvalue weighted by Gasteiger charge is -2.37. The molecule has 0 aliphatic carbocycles. The van der Waals surface area contributed by atoms with E-state index >= 15 is 0 Å². The number of amides is 2. The number of hydrogen-bond acceptors (Lipinski definition) is 9. The van der Waals surface area contributed by atoms with Crippen molar-refractivity contribution in [1.82, 2.24) is 20.1 Å². The normalized spacial score (nSPS) is 16.6. The number of aromatic amines is 1. The lowest BCUT2D eigenvalue weighted by Crippen LogP contribution is -2.50. The minimum atomic E-state index is -5.26. The van der Waals surface area contributed by atoms with E-state index in [4.69, 9.17) is 4.74 Å². The van der Waals surface area contributed by atoms with Gasteiger partial charge in [-0.1, -0.05) is 0 Å². The maximum atomic E-state index is 14.1. The van der Waals surface area contributed by atoms with E-state index in [2.05, 4.69) is 25.4 Å². The number of benzene rings is 2. The van der Waals surface area contributed by atoms with Crippen LogP contribution in [0, 0.1) is 11.6 Å². The van der Waals surface area contributed by atoms with E-state index in [1.165, 1.54) is 18.2 Å². The van der Waals surface area contributed by atoms with Gasteiger partial charge >= 0.3 is 12.1 Å². The number of piperazine rings is 1. The third-order valence-corrected chi connectivity index (χ3v) is 10.0. The van der Waals surface area contributed by atoms with Crippen molar-refractivity contribution in [3.63, 3.8) is 0 Å². The summed E-state index contributed by atoms with van der Waals surface area (Å²) in [6.45, 7) is 2.73. The zero-order valence-electron chi connectivity index (χ0n) is 25.9. The van der Waals surface area contributed by atoms with Gasteiger partial charge in [0.15, 0.2) is 10.8 Å². The van der Waals surface area contributed by atoms with Gasteiger partial charge in [-0.3, -0.25) is 14.7 Å². The number of anilines is 3. The molecule has 2 fully saturated rings. The summed E-state index contributed by atoms with van der Waals surface area (Å²) in [7, 11) is -2.59. The van der Waals surface area contributed by atoms with Gasteiger partial charge in [-0.25, -0.2) is 22.2 Å². The molecular formula is C31H30F5N7O5S. The number of sulfone groups is 1. The molecule has 12 nitrogen and oxygen atoms in total. The van der Waals surface area contributed by atoms with Crippen molar-refractivity contribution in [1.29, 1.82) is 0 Å². The van der Waals surface area contributed by atoms with E-state index in [1.807, 2.05) is 11.9 Å². The quantitative estimate of drug-likeness (QED) is 0.271. The Morgan fingerprint density at radius 1 is 0.980 bits per heavy atom. The van der Waals surface area contributed by atoms with Crippen LogP contribution in [-0.2, 0) is 19.4 Å². The first-order valence-electron chi connectivity index (χ1n) is 15.2. The molecule has 0 spiro atoms. The largest absolute Gasteiger partial charge is 0.471 e. The highest BCUT2D eigenvalue weighted by atomic mass is 32.2. The lowest BCUT2D eigenvalue weighted by molar-refractivity contribution is -0.171. The Kier molecular flexibility index (Phi) is 9.29. The molecule has 0 unspecified atom stereocenters. The molecule has 2 saturated heterocycles. The molecule has 0 radical (unpaired) electrons. The number of H-pyrrole nitrogens is 1. The molecule has 0 bridgehead atoms. The Morgan fingerprint density at radius 3 is 2.31 bits per heavy atom. The fourth-order valence-electron chi connectivity index (χ4n) is 5.82. The van der Waals surface area contributed by atoms with Crippen molar-refractivity contribution in [3.05, 3.63) is 65.7 Å². The van der Waals surface area contributed by atoms with Crippen LogP contribution in [0.5, 0.6) is 0 Å². The monoisotopic (exact) mass is 707 g/mol. The summed E-state index contributed by atoms with van der Waals surface area (Å²) in [5, 5.41) is 8.45. The van der Waals surface area contributed by atoms with Crippen molar-refractivity contribution in [2.45, 2.75) is 35.0 Å². The van der Waals surface area contributed by atoms with Gasteiger partial charge < -0.3 is 24.8 Å². The smallest absolute Gasteiger partial charge is 0.381 e. The first kappa shape index (κ1) is 34.2. The summed E-state index contributed by atoms with van der Waals surface area (Å²) >= 11 is 0. The topological polar surface area (TPSA) is 141 Å². The van der Waals surface area contributed by atoms with Crippen LogP contribution in [0.2, 0.25) is 0 Å². The summed E-state index contributed by atoms with van der Waals surface area (Å²) in [6, 6.07) is 7.49. The van der Waals surface area contributed by atoms with Crippen molar-refractivity contribution in [2.75, 3.05) is 61.6 Å². The highest BCUT2D eigenvalue weighted by Crippen LogP contribution is 2.35. The standard InChI is InChI=1S/C31H30F5N7O5S/c1-41-8-10-42(11-9-41)21-2-3-23(25(17-21)43(30(45)31(34,35)36)20-6-12-48-13-7-20)29(44)38-28-27-24(39-40-28)4-5-26(37-27)49(46,47)22-15-18(32)14-19(33)16-22/h2-5,14-17,20H,6-13H2,1H3,(H2,38,39,40,44). The molecule has 18 heteroatoms. The first-order chi connectivity index (χ1) is 23.2. The predicted octanol–water partition coefficient (Wildman–Crippen LogP) is 4.15. The van der Waals surface area contributed by atoms with Crippen molar-refractivity contribution in [2.24, 2.45) is 0 Å². The maximum absolute atomic E-state index is 14.1. The van der Waals surface area contributed by atoms with Gasteiger partial charge in [0.05, 0.1) is 21.7 Å². The fourth-order valence-corrected chi connectivity index (χ4v) is 7.06. The molecule has 0 saturated carbocycles. The van der Waals surface area contributed by atoms with Crippen molar-refractivity contribution >= 4 is 49.9 Å². The van der Waals surface area contributed by atoms with E-state index in [1.54, 1.807) is 6.07 Å². The Balaban J connectivity index is 1.40. The maximum Gasteiger partial charge on any atom is 0.471 e. The number of alkyl halides is 3. The fraction of sp³-hybridized carbons (Fsp3) is 0.355. The molecule has 2 aromatic heterocycles. The number of carbonyl (C=O) groups excluding carboxylic acids is 2. The van der Waals surface area contributed by atoms with Gasteiger partial charge in [-0.05, 0) is 62.4 Å². The second kappa shape index (κ2) is 13.3. The third kappa shape index (κ3) is 7.06. The summed E-state index contributed by atoms with van der Waals surface area (Å²) < 4.78 is 102. The Bertz CT molecular complexity index is 1990. The number of nitrogens with zero attached hydrogens (tertiary/aromatic N) is 5. The van der Waals surface area contributed by atoms with Crippen LogP contribution in [0.15, 0.2) is 58.5 Å². The molecule has 49 heavy (non-hydrogen) atoms. The van der Waals surface area contributed by atoms with E-state index in [0.29, 0.717) is 55.0 Å².